The second-order valence-corrected chi connectivity index (χ2v) is 10.1. The van der Waals surface area contributed by atoms with Gasteiger partial charge in [-0.3, -0.25) is 14.5 Å². The zero-order valence-corrected chi connectivity index (χ0v) is 20.3. The molecule has 186 valence electrons. The predicted octanol–water partition coefficient (Wildman–Crippen LogP) is 4.51. The summed E-state index contributed by atoms with van der Waals surface area (Å²) in [6.07, 6.45) is 6.59. The van der Waals surface area contributed by atoms with Gasteiger partial charge in [-0.05, 0) is 61.6 Å². The van der Waals surface area contributed by atoms with Crippen LogP contribution in [0.25, 0.3) is 0 Å². The van der Waals surface area contributed by atoms with Crippen molar-refractivity contribution in [3.63, 3.8) is 0 Å². The number of piperazine rings is 1. The van der Waals surface area contributed by atoms with Crippen LogP contribution >= 0.6 is 0 Å². The van der Waals surface area contributed by atoms with Crippen LogP contribution < -0.4 is 10.2 Å². The molecule has 0 aromatic heterocycles. The van der Waals surface area contributed by atoms with Crippen molar-refractivity contribution in [2.45, 2.75) is 45.1 Å². The summed E-state index contributed by atoms with van der Waals surface area (Å²) >= 11 is 0. The maximum atomic E-state index is 13.7. The quantitative estimate of drug-likeness (QED) is 0.664. The monoisotopic (exact) mass is 478 g/mol. The third-order valence-electron chi connectivity index (χ3n) is 7.35. The van der Waals surface area contributed by atoms with Crippen molar-refractivity contribution in [1.29, 1.82) is 0 Å². The third-order valence-corrected chi connectivity index (χ3v) is 7.35. The summed E-state index contributed by atoms with van der Waals surface area (Å²) in [6.45, 7) is 5.37. The molecule has 1 saturated carbocycles. The summed E-state index contributed by atoms with van der Waals surface area (Å²) in [5.41, 5.74) is 3.39. The van der Waals surface area contributed by atoms with Crippen LogP contribution in [0.5, 0.6) is 0 Å². The molecule has 0 unspecified atom stereocenters. The average molecular weight is 479 g/mol. The minimum atomic E-state index is -0.214. The van der Waals surface area contributed by atoms with Gasteiger partial charge in [0.25, 0.3) is 5.91 Å². The fourth-order valence-electron chi connectivity index (χ4n) is 5.13. The highest BCUT2D eigenvalue weighted by Crippen LogP contribution is 2.32. The molecule has 3 aliphatic rings. The highest BCUT2D eigenvalue weighted by Gasteiger charge is 2.30. The Kier molecular flexibility index (Phi) is 7.32. The summed E-state index contributed by atoms with van der Waals surface area (Å²) in [5, 5.41) is 3.05. The molecule has 5 rings (SSSR count). The van der Waals surface area contributed by atoms with Gasteiger partial charge in [0.2, 0.25) is 5.91 Å². The van der Waals surface area contributed by atoms with Crippen LogP contribution in [-0.4, -0.2) is 60.9 Å². The summed E-state index contributed by atoms with van der Waals surface area (Å²) in [4.78, 5) is 32.5. The van der Waals surface area contributed by atoms with E-state index in [2.05, 4.69) is 15.1 Å². The standard InChI is InChI=1S/C28H35FN4O2/c29-23-7-5-6-21(18-23)20-31-14-16-33(17-15-31)28(35)25-11-10-24(30-27(34)22-8-9-22)19-26(25)32-12-3-1-2-4-13-32/h5-7,10-11,18-19,22H,1-4,8-9,12-17,20H2,(H,30,34). The number of halogens is 1. The zero-order chi connectivity index (χ0) is 24.2. The van der Waals surface area contributed by atoms with E-state index in [0.29, 0.717) is 19.6 Å². The molecule has 2 saturated heterocycles. The number of nitrogens with one attached hydrogen (secondary N) is 1. The smallest absolute Gasteiger partial charge is 0.256 e. The molecule has 2 aromatic rings. The molecule has 1 N–H and O–H groups in total. The number of anilines is 2. The number of hydrogen-bond acceptors (Lipinski definition) is 4. The Balaban J connectivity index is 1.29. The van der Waals surface area contributed by atoms with Gasteiger partial charge in [-0.15, -0.1) is 0 Å². The van der Waals surface area contributed by atoms with Gasteiger partial charge < -0.3 is 15.1 Å². The van der Waals surface area contributed by atoms with Crippen molar-refractivity contribution in [3.8, 4) is 0 Å². The first-order valence-electron chi connectivity index (χ1n) is 13.0. The van der Waals surface area contributed by atoms with Gasteiger partial charge in [0.1, 0.15) is 5.82 Å². The van der Waals surface area contributed by atoms with E-state index in [1.54, 1.807) is 12.1 Å². The molecule has 2 aliphatic heterocycles. The van der Waals surface area contributed by atoms with Gasteiger partial charge in [-0.2, -0.15) is 0 Å². The molecule has 35 heavy (non-hydrogen) atoms. The van der Waals surface area contributed by atoms with Gasteiger partial charge in [0.15, 0.2) is 0 Å². The number of benzene rings is 2. The lowest BCUT2D eigenvalue weighted by molar-refractivity contribution is -0.117. The van der Waals surface area contributed by atoms with Gasteiger partial charge in [0, 0.05) is 57.4 Å². The Morgan fingerprint density at radius 1 is 0.886 bits per heavy atom. The lowest BCUT2D eigenvalue weighted by atomic mass is 10.1. The molecule has 6 nitrogen and oxygen atoms in total. The molecule has 2 heterocycles. The fourth-order valence-corrected chi connectivity index (χ4v) is 5.13. The SMILES string of the molecule is O=C(Nc1ccc(C(=O)N2CCN(Cc3cccc(F)c3)CC2)c(N2CCCCCC2)c1)C1CC1. The molecule has 1 aliphatic carbocycles. The third kappa shape index (κ3) is 6.01. The second-order valence-electron chi connectivity index (χ2n) is 10.1. The summed E-state index contributed by atoms with van der Waals surface area (Å²) in [6, 6.07) is 12.5. The lowest BCUT2D eigenvalue weighted by Crippen LogP contribution is -2.48. The Morgan fingerprint density at radius 2 is 1.63 bits per heavy atom. The highest BCUT2D eigenvalue weighted by atomic mass is 19.1. The largest absolute Gasteiger partial charge is 0.371 e. The first-order valence-corrected chi connectivity index (χ1v) is 13.0. The number of hydrogen-bond donors (Lipinski definition) is 1. The number of nitrogens with zero attached hydrogens (tertiary/aromatic N) is 3. The Bertz CT molecular complexity index is 1050. The second kappa shape index (κ2) is 10.8. The molecule has 0 radical (unpaired) electrons. The van der Waals surface area contributed by atoms with E-state index in [0.717, 1.165) is 74.4 Å². The Labute approximate surface area is 207 Å². The molecule has 2 aromatic carbocycles. The minimum absolute atomic E-state index is 0.0507. The van der Waals surface area contributed by atoms with Crippen LogP contribution in [0.3, 0.4) is 0 Å². The van der Waals surface area contributed by atoms with Gasteiger partial charge in [0.05, 0.1) is 11.3 Å². The van der Waals surface area contributed by atoms with Crippen molar-refractivity contribution in [2.24, 2.45) is 5.92 Å². The highest BCUT2D eigenvalue weighted by molar-refractivity contribution is 6.02. The fraction of sp³-hybridized carbons (Fsp3) is 0.500. The maximum absolute atomic E-state index is 13.7. The summed E-state index contributed by atoms with van der Waals surface area (Å²) < 4.78 is 13.5. The molecule has 3 fully saturated rings. The van der Waals surface area contributed by atoms with Gasteiger partial charge >= 0.3 is 0 Å². The number of carbonyl (C=O) groups is 2. The molecule has 0 spiro atoms. The number of carbonyl (C=O) groups excluding carboxylic acids is 2. The van der Waals surface area contributed by atoms with Gasteiger partial charge in [-0.1, -0.05) is 25.0 Å². The number of rotatable bonds is 6. The van der Waals surface area contributed by atoms with Crippen LogP contribution in [-0.2, 0) is 11.3 Å². The van der Waals surface area contributed by atoms with E-state index < -0.39 is 0 Å². The van der Waals surface area contributed by atoms with E-state index in [4.69, 9.17) is 0 Å². The van der Waals surface area contributed by atoms with Crippen LogP contribution in [0, 0.1) is 11.7 Å². The van der Waals surface area contributed by atoms with Crippen molar-refractivity contribution in [3.05, 3.63) is 59.4 Å². The molecule has 0 bridgehead atoms. The van der Waals surface area contributed by atoms with Crippen LogP contribution in [0.1, 0.15) is 54.4 Å². The van der Waals surface area contributed by atoms with E-state index in [-0.39, 0.29) is 23.5 Å². The summed E-state index contributed by atoms with van der Waals surface area (Å²) in [7, 11) is 0. The van der Waals surface area contributed by atoms with Crippen molar-refractivity contribution in [1.82, 2.24) is 9.80 Å². The number of amides is 2. The van der Waals surface area contributed by atoms with Crippen LogP contribution in [0.2, 0.25) is 0 Å². The topological polar surface area (TPSA) is 55.9 Å². The molecular weight excluding hydrogens is 443 g/mol. The zero-order valence-electron chi connectivity index (χ0n) is 20.3. The molecule has 0 atom stereocenters. The molecular formula is C28H35FN4O2. The molecule has 7 heteroatoms. The lowest BCUT2D eigenvalue weighted by Gasteiger charge is -2.36. The van der Waals surface area contributed by atoms with Crippen molar-refractivity contribution >= 4 is 23.2 Å². The first kappa shape index (κ1) is 23.8. The van der Waals surface area contributed by atoms with E-state index in [9.17, 15) is 14.0 Å². The van der Waals surface area contributed by atoms with Gasteiger partial charge in [-0.25, -0.2) is 4.39 Å². The first-order chi connectivity index (χ1) is 17.1. The van der Waals surface area contributed by atoms with E-state index in [1.807, 2.05) is 29.2 Å². The van der Waals surface area contributed by atoms with E-state index >= 15 is 0 Å². The Hall–Kier alpha value is -2.93. The van der Waals surface area contributed by atoms with Crippen molar-refractivity contribution < 1.29 is 14.0 Å². The molecule has 2 amide bonds. The normalized spacial score (nSPS) is 19.3. The average Bonchev–Trinajstić information content (AvgIpc) is 3.72. The maximum Gasteiger partial charge on any atom is 0.256 e. The van der Waals surface area contributed by atoms with Crippen LogP contribution in [0.4, 0.5) is 15.8 Å². The van der Waals surface area contributed by atoms with Crippen molar-refractivity contribution in [2.75, 3.05) is 49.5 Å². The predicted molar refractivity (Wildman–Crippen MR) is 136 cm³/mol. The minimum Gasteiger partial charge on any atom is -0.371 e. The summed E-state index contributed by atoms with van der Waals surface area (Å²) in [5.74, 6) is 0.0609. The Morgan fingerprint density at radius 3 is 2.31 bits per heavy atom. The van der Waals surface area contributed by atoms with E-state index in [1.165, 1.54) is 18.9 Å². The van der Waals surface area contributed by atoms with Crippen LogP contribution in [0.15, 0.2) is 42.5 Å².